The van der Waals surface area contributed by atoms with E-state index in [1.807, 2.05) is 60.7 Å². The molecule has 0 aromatic heterocycles. The van der Waals surface area contributed by atoms with Gasteiger partial charge in [-0.15, -0.1) is 6.58 Å². The van der Waals surface area contributed by atoms with E-state index in [2.05, 4.69) is 11.9 Å². The maximum atomic E-state index is 13.9. The van der Waals surface area contributed by atoms with Crippen molar-refractivity contribution in [2.24, 2.45) is 0 Å². The molecule has 0 unspecified atom stereocenters. The first-order chi connectivity index (χ1) is 18.7. The Balaban J connectivity index is 1.98. The van der Waals surface area contributed by atoms with Gasteiger partial charge in [-0.2, -0.15) is 4.31 Å². The lowest BCUT2D eigenvalue weighted by Gasteiger charge is -2.33. The molecule has 3 aromatic carbocycles. The van der Waals surface area contributed by atoms with Crippen molar-refractivity contribution in [2.75, 3.05) is 26.5 Å². The van der Waals surface area contributed by atoms with Gasteiger partial charge < -0.3 is 15.0 Å². The Bertz CT molecular complexity index is 1330. The molecule has 0 bridgehead atoms. The van der Waals surface area contributed by atoms with Crippen molar-refractivity contribution in [1.82, 2.24) is 14.5 Å². The van der Waals surface area contributed by atoms with Gasteiger partial charge in [-0.1, -0.05) is 78.9 Å². The van der Waals surface area contributed by atoms with Crippen molar-refractivity contribution in [3.05, 3.63) is 114 Å². The second kappa shape index (κ2) is 14.3. The van der Waals surface area contributed by atoms with Gasteiger partial charge in [-0.3, -0.25) is 9.59 Å². The van der Waals surface area contributed by atoms with E-state index in [9.17, 15) is 18.0 Å². The van der Waals surface area contributed by atoms with Gasteiger partial charge in [0.2, 0.25) is 21.8 Å². The molecule has 1 atom stereocenters. The molecule has 8 nitrogen and oxygen atoms in total. The maximum absolute atomic E-state index is 13.9. The van der Waals surface area contributed by atoms with Crippen LogP contribution in [0.3, 0.4) is 0 Å². The Morgan fingerprint density at radius 1 is 0.897 bits per heavy atom. The van der Waals surface area contributed by atoms with Crippen molar-refractivity contribution in [1.29, 1.82) is 0 Å². The molecule has 2 amide bonds. The van der Waals surface area contributed by atoms with E-state index >= 15 is 0 Å². The molecule has 0 aliphatic heterocycles. The number of nitrogens with zero attached hydrogens (tertiary/aromatic N) is 2. The molecule has 9 heteroatoms. The van der Waals surface area contributed by atoms with E-state index in [0.717, 1.165) is 27.3 Å². The summed E-state index contributed by atoms with van der Waals surface area (Å²) in [6.07, 6.45) is 2.90. The number of amides is 2. The smallest absolute Gasteiger partial charge is 0.243 e. The van der Waals surface area contributed by atoms with E-state index < -0.39 is 28.5 Å². The van der Waals surface area contributed by atoms with Crippen LogP contribution in [0.1, 0.15) is 16.7 Å². The number of hydrogen-bond donors (Lipinski definition) is 1. The van der Waals surface area contributed by atoms with Gasteiger partial charge in [0.15, 0.2) is 0 Å². The van der Waals surface area contributed by atoms with E-state index in [4.69, 9.17) is 4.74 Å². The molecule has 0 fully saturated rings. The van der Waals surface area contributed by atoms with Crippen LogP contribution in [-0.4, -0.2) is 61.9 Å². The van der Waals surface area contributed by atoms with E-state index in [-0.39, 0.29) is 32.0 Å². The minimum absolute atomic E-state index is 0.0355. The predicted octanol–water partition coefficient (Wildman–Crippen LogP) is 3.40. The Hall–Kier alpha value is -3.95. The molecule has 0 aliphatic rings. The average Bonchev–Trinajstić information content (AvgIpc) is 2.94. The molecular formula is C30H35N3O5S. The number of nitrogens with one attached hydrogen (secondary N) is 1. The van der Waals surface area contributed by atoms with Gasteiger partial charge in [0.1, 0.15) is 11.8 Å². The summed E-state index contributed by atoms with van der Waals surface area (Å²) >= 11 is 0. The summed E-state index contributed by atoms with van der Waals surface area (Å²) in [6, 6.07) is 24.8. The van der Waals surface area contributed by atoms with Crippen molar-refractivity contribution in [2.45, 2.75) is 25.6 Å². The molecule has 0 heterocycles. The highest BCUT2D eigenvalue weighted by atomic mass is 32.2. The number of benzene rings is 3. The lowest BCUT2D eigenvalue weighted by Crippen LogP contribution is -2.53. The van der Waals surface area contributed by atoms with Crippen LogP contribution in [-0.2, 0) is 39.1 Å². The van der Waals surface area contributed by atoms with E-state index in [0.29, 0.717) is 5.75 Å². The zero-order chi connectivity index (χ0) is 28.3. The first-order valence-corrected chi connectivity index (χ1v) is 14.4. The van der Waals surface area contributed by atoms with E-state index in [1.54, 1.807) is 37.5 Å². The number of carbonyl (C=O) groups is 2. The Labute approximate surface area is 231 Å². The summed E-state index contributed by atoms with van der Waals surface area (Å²) in [6.45, 7) is 3.62. The quantitative estimate of drug-likeness (QED) is 0.311. The SMILES string of the molecule is C=CCNC(=O)[C@H](Cc1ccccc1)N(Cc1ccc(OC)cc1)C(=O)CN(Cc1ccccc1)S(C)(=O)=O. The van der Waals surface area contributed by atoms with Gasteiger partial charge >= 0.3 is 0 Å². The molecule has 1 N–H and O–H groups in total. The third kappa shape index (κ3) is 9.08. The minimum atomic E-state index is -3.74. The van der Waals surface area contributed by atoms with Gasteiger partial charge in [0.05, 0.1) is 19.9 Å². The van der Waals surface area contributed by atoms with Crippen LogP contribution in [0.15, 0.2) is 97.6 Å². The van der Waals surface area contributed by atoms with Crippen molar-refractivity contribution < 1.29 is 22.7 Å². The molecule has 206 valence electrons. The highest BCUT2D eigenvalue weighted by Gasteiger charge is 2.32. The number of ether oxygens (including phenoxy) is 1. The Kier molecular flexibility index (Phi) is 10.8. The lowest BCUT2D eigenvalue weighted by atomic mass is 10.0. The number of rotatable bonds is 14. The molecule has 39 heavy (non-hydrogen) atoms. The van der Waals surface area contributed by atoms with Crippen molar-refractivity contribution in [3.8, 4) is 5.75 Å². The predicted molar refractivity (Wildman–Crippen MR) is 152 cm³/mol. The van der Waals surface area contributed by atoms with Crippen LogP contribution >= 0.6 is 0 Å². The Morgan fingerprint density at radius 2 is 1.46 bits per heavy atom. The second-order valence-electron chi connectivity index (χ2n) is 9.13. The van der Waals surface area contributed by atoms with Crippen LogP contribution in [0.4, 0.5) is 0 Å². The normalized spacial score (nSPS) is 12.0. The highest BCUT2D eigenvalue weighted by molar-refractivity contribution is 7.88. The molecule has 0 saturated heterocycles. The zero-order valence-corrected chi connectivity index (χ0v) is 23.1. The largest absolute Gasteiger partial charge is 0.497 e. The van der Waals surface area contributed by atoms with Crippen molar-refractivity contribution >= 4 is 21.8 Å². The first-order valence-electron chi connectivity index (χ1n) is 12.5. The fourth-order valence-corrected chi connectivity index (χ4v) is 4.82. The second-order valence-corrected chi connectivity index (χ2v) is 11.1. The van der Waals surface area contributed by atoms with E-state index in [1.165, 1.54) is 4.90 Å². The van der Waals surface area contributed by atoms with Crippen LogP contribution in [0.25, 0.3) is 0 Å². The minimum Gasteiger partial charge on any atom is -0.497 e. The fourth-order valence-electron chi connectivity index (χ4n) is 4.09. The van der Waals surface area contributed by atoms with Crippen LogP contribution in [0.2, 0.25) is 0 Å². The van der Waals surface area contributed by atoms with Crippen LogP contribution in [0.5, 0.6) is 5.75 Å². The molecule has 0 spiro atoms. The third-order valence-corrected chi connectivity index (χ3v) is 7.38. The summed E-state index contributed by atoms with van der Waals surface area (Å²) in [5.74, 6) is -0.177. The summed E-state index contributed by atoms with van der Waals surface area (Å²) in [5.41, 5.74) is 2.39. The zero-order valence-electron chi connectivity index (χ0n) is 22.3. The number of methoxy groups -OCH3 is 1. The molecule has 0 radical (unpaired) electrons. The standard InChI is InChI=1S/C30H35N3O5S/c1-4-19-31-30(35)28(20-24-11-7-5-8-12-24)33(22-26-15-17-27(38-2)18-16-26)29(34)23-32(39(3,36)37)21-25-13-9-6-10-14-25/h4-18,28H,1,19-23H2,2-3H3,(H,31,35)/t28-/m0/s1. The van der Waals surface area contributed by atoms with Gasteiger partial charge in [-0.25, -0.2) is 8.42 Å². The summed E-state index contributed by atoms with van der Waals surface area (Å²) < 4.78 is 31.8. The van der Waals surface area contributed by atoms with Crippen molar-refractivity contribution in [3.63, 3.8) is 0 Å². The summed E-state index contributed by atoms with van der Waals surface area (Å²) in [4.78, 5) is 28.8. The number of carbonyl (C=O) groups excluding carboxylic acids is 2. The number of sulfonamides is 1. The average molecular weight is 550 g/mol. The molecule has 0 saturated carbocycles. The monoisotopic (exact) mass is 549 g/mol. The topological polar surface area (TPSA) is 96.0 Å². The van der Waals surface area contributed by atoms with Crippen LogP contribution in [0, 0.1) is 0 Å². The molecule has 0 aliphatic carbocycles. The molecule has 3 aromatic rings. The Morgan fingerprint density at radius 3 is 2.00 bits per heavy atom. The summed E-state index contributed by atoms with van der Waals surface area (Å²) in [5, 5.41) is 2.81. The molecule has 3 rings (SSSR count). The number of hydrogen-bond acceptors (Lipinski definition) is 5. The maximum Gasteiger partial charge on any atom is 0.243 e. The third-order valence-electron chi connectivity index (χ3n) is 6.19. The van der Waals surface area contributed by atoms with Crippen LogP contribution < -0.4 is 10.1 Å². The van der Waals surface area contributed by atoms with Gasteiger partial charge in [0, 0.05) is 26.1 Å². The van der Waals surface area contributed by atoms with Gasteiger partial charge in [0.25, 0.3) is 0 Å². The fraction of sp³-hybridized carbons (Fsp3) is 0.267. The molecular weight excluding hydrogens is 514 g/mol. The summed E-state index contributed by atoms with van der Waals surface area (Å²) in [7, 11) is -2.17. The first kappa shape index (κ1) is 29.6. The lowest BCUT2D eigenvalue weighted by molar-refractivity contribution is -0.141. The highest BCUT2D eigenvalue weighted by Crippen LogP contribution is 2.19. The van der Waals surface area contributed by atoms with Gasteiger partial charge in [-0.05, 0) is 28.8 Å².